The number of carbonyl (C=O) groups is 1. The summed E-state index contributed by atoms with van der Waals surface area (Å²) in [5.41, 5.74) is -0.190. The molecule has 3 rings (SSSR count). The van der Waals surface area contributed by atoms with Crippen LogP contribution in [0.1, 0.15) is 12.5 Å². The van der Waals surface area contributed by atoms with Crippen LogP contribution in [-0.4, -0.2) is 37.0 Å². The van der Waals surface area contributed by atoms with Gasteiger partial charge in [0.05, 0.1) is 16.3 Å². The second kappa shape index (κ2) is 8.27. The minimum absolute atomic E-state index is 0.118. The van der Waals surface area contributed by atoms with Crippen LogP contribution in [0.2, 0.25) is 0 Å². The molecule has 0 radical (unpaired) electrons. The van der Waals surface area contributed by atoms with Crippen molar-refractivity contribution in [3.63, 3.8) is 0 Å². The Labute approximate surface area is 182 Å². The van der Waals surface area contributed by atoms with Gasteiger partial charge in [0, 0.05) is 17.7 Å². The molecule has 0 aliphatic heterocycles. The van der Waals surface area contributed by atoms with E-state index in [2.05, 4.69) is 15.5 Å². The number of amides is 1. The quantitative estimate of drug-likeness (QED) is 0.242. The molecular weight excluding hydrogens is 462 g/mol. The summed E-state index contributed by atoms with van der Waals surface area (Å²) in [7, 11) is -9.84. The smallest absolute Gasteiger partial charge is 0.299 e. The first kappa shape index (κ1) is 23.3. The summed E-state index contributed by atoms with van der Waals surface area (Å²) in [4.78, 5) is 10.1. The average Bonchev–Trinajstić information content (AvgIpc) is 2.67. The Hall–Kier alpha value is -3.39. The van der Waals surface area contributed by atoms with Gasteiger partial charge in [-0.25, -0.2) is 0 Å². The molecule has 0 bridgehead atoms. The highest BCUT2D eigenvalue weighted by molar-refractivity contribution is 7.86. The van der Waals surface area contributed by atoms with Crippen LogP contribution < -0.4 is 5.32 Å². The van der Waals surface area contributed by atoms with Crippen molar-refractivity contribution < 1.29 is 35.8 Å². The lowest BCUT2D eigenvalue weighted by Crippen LogP contribution is -2.12. The van der Waals surface area contributed by atoms with E-state index in [-0.39, 0.29) is 10.8 Å². The molecule has 168 valence electrons. The maximum Gasteiger partial charge on any atom is 0.299 e. The first-order valence-electron chi connectivity index (χ1n) is 8.83. The zero-order chi connectivity index (χ0) is 23.8. The lowest BCUT2D eigenvalue weighted by atomic mass is 10.1. The Morgan fingerprint density at radius 1 is 0.938 bits per heavy atom. The molecule has 11 nitrogen and oxygen atoms in total. The molecule has 0 saturated heterocycles. The number of fused-ring (bicyclic) bond motifs is 1. The van der Waals surface area contributed by atoms with Crippen molar-refractivity contribution >= 4 is 54.0 Å². The highest BCUT2D eigenvalue weighted by Crippen LogP contribution is 2.47. The van der Waals surface area contributed by atoms with Gasteiger partial charge < -0.3 is 10.4 Å². The van der Waals surface area contributed by atoms with E-state index in [4.69, 9.17) is 0 Å². The van der Waals surface area contributed by atoms with Crippen molar-refractivity contribution in [2.24, 2.45) is 10.2 Å². The van der Waals surface area contributed by atoms with Crippen LogP contribution in [0, 0.1) is 6.92 Å². The standard InChI is InChI=1S/C19H17N3O8S2/c1-10-5-3-4-6-15(10)21-22-17-18(24)13-8-7-12(31(25,26)27)9-14(13)16(20-11(2)23)19(17)32(28,29)30/h3-9,24H,1-2H3,(H,20,23)(H,25,26,27)(H,28,29,30). The van der Waals surface area contributed by atoms with Crippen molar-refractivity contribution in [2.75, 3.05) is 5.32 Å². The molecule has 0 fully saturated rings. The second-order valence-corrected chi connectivity index (χ2v) is 9.51. The molecule has 0 heterocycles. The van der Waals surface area contributed by atoms with Crippen LogP contribution in [0.3, 0.4) is 0 Å². The second-order valence-electron chi connectivity index (χ2n) is 6.73. The third-order valence-electron chi connectivity index (χ3n) is 4.41. The Morgan fingerprint density at radius 2 is 1.59 bits per heavy atom. The number of azo groups is 1. The van der Waals surface area contributed by atoms with Gasteiger partial charge in [0.25, 0.3) is 20.2 Å². The molecule has 0 aromatic heterocycles. The van der Waals surface area contributed by atoms with Gasteiger partial charge >= 0.3 is 0 Å². The van der Waals surface area contributed by atoms with Crippen molar-refractivity contribution in [3.8, 4) is 5.75 Å². The van der Waals surface area contributed by atoms with Crippen LogP contribution in [0.25, 0.3) is 10.8 Å². The third kappa shape index (κ3) is 4.60. The zero-order valence-electron chi connectivity index (χ0n) is 16.6. The molecular formula is C19H17N3O8S2. The maximum atomic E-state index is 12.2. The number of hydrogen-bond donors (Lipinski definition) is 4. The molecule has 0 saturated carbocycles. The van der Waals surface area contributed by atoms with Crippen LogP contribution in [0.15, 0.2) is 62.5 Å². The summed E-state index contributed by atoms with van der Waals surface area (Å²) >= 11 is 0. The Morgan fingerprint density at radius 3 is 2.16 bits per heavy atom. The highest BCUT2D eigenvalue weighted by atomic mass is 32.2. The number of rotatable bonds is 5. The predicted octanol–water partition coefficient (Wildman–Crippen LogP) is 3.72. The number of anilines is 1. The fourth-order valence-corrected chi connectivity index (χ4v) is 4.30. The Bertz CT molecular complexity index is 1500. The molecule has 13 heteroatoms. The van der Waals surface area contributed by atoms with Gasteiger partial charge in [-0.15, -0.1) is 5.11 Å². The summed E-state index contributed by atoms with van der Waals surface area (Å²) in [5, 5.41) is 20.3. The number of carbonyl (C=O) groups excluding carboxylic acids is 1. The van der Waals surface area contributed by atoms with Gasteiger partial charge in [0.1, 0.15) is 4.90 Å². The summed E-state index contributed by atoms with van der Waals surface area (Å²) in [6.07, 6.45) is 0. The van der Waals surface area contributed by atoms with Crippen molar-refractivity contribution in [1.29, 1.82) is 0 Å². The van der Waals surface area contributed by atoms with Crippen LogP contribution in [-0.2, 0) is 25.0 Å². The summed E-state index contributed by atoms with van der Waals surface area (Å²) in [6.45, 7) is 2.77. The molecule has 4 N–H and O–H groups in total. The summed E-state index contributed by atoms with van der Waals surface area (Å²) in [5.74, 6) is -1.51. The van der Waals surface area contributed by atoms with Crippen molar-refractivity contribution in [1.82, 2.24) is 0 Å². The largest absolute Gasteiger partial charge is 0.505 e. The first-order chi connectivity index (χ1) is 14.8. The van der Waals surface area contributed by atoms with E-state index >= 15 is 0 Å². The van der Waals surface area contributed by atoms with Crippen LogP contribution in [0.4, 0.5) is 17.1 Å². The van der Waals surface area contributed by atoms with E-state index in [1.165, 1.54) is 0 Å². The zero-order valence-corrected chi connectivity index (χ0v) is 18.3. The first-order valence-corrected chi connectivity index (χ1v) is 11.7. The topological polar surface area (TPSA) is 183 Å². The van der Waals surface area contributed by atoms with Gasteiger partial charge in [-0.05, 0) is 36.8 Å². The van der Waals surface area contributed by atoms with Crippen LogP contribution in [0.5, 0.6) is 5.75 Å². The molecule has 0 aliphatic carbocycles. The Kier molecular flexibility index (Phi) is 6.02. The van der Waals surface area contributed by atoms with Gasteiger partial charge in [-0.2, -0.15) is 21.9 Å². The molecule has 1 amide bonds. The molecule has 32 heavy (non-hydrogen) atoms. The molecule has 0 aliphatic rings. The van der Waals surface area contributed by atoms with Crippen LogP contribution >= 0.6 is 0 Å². The van der Waals surface area contributed by atoms with Crippen molar-refractivity contribution in [3.05, 3.63) is 48.0 Å². The molecule has 3 aromatic rings. The minimum atomic E-state index is -5.13. The van der Waals surface area contributed by atoms with E-state index in [1.54, 1.807) is 31.2 Å². The summed E-state index contributed by atoms with van der Waals surface area (Å²) in [6, 6.07) is 9.59. The van der Waals surface area contributed by atoms with Crippen molar-refractivity contribution in [2.45, 2.75) is 23.6 Å². The SMILES string of the molecule is CC(=O)Nc1c(S(=O)(=O)O)c(N=Nc2ccccc2C)c(O)c2ccc(S(=O)(=O)O)cc12. The molecule has 0 unspecified atom stereocenters. The highest BCUT2D eigenvalue weighted by Gasteiger charge is 2.29. The fourth-order valence-electron chi connectivity index (χ4n) is 3.00. The minimum Gasteiger partial charge on any atom is -0.505 e. The maximum absolute atomic E-state index is 12.2. The normalized spacial score (nSPS) is 12.4. The summed E-state index contributed by atoms with van der Waals surface area (Å²) < 4.78 is 66.8. The van der Waals surface area contributed by atoms with Gasteiger partial charge in [0.15, 0.2) is 11.4 Å². The number of phenols is 1. The molecule has 0 atom stereocenters. The number of nitrogens with one attached hydrogen (secondary N) is 1. The van der Waals surface area contributed by atoms with Gasteiger partial charge in [0.2, 0.25) is 5.91 Å². The van der Waals surface area contributed by atoms with E-state index < -0.39 is 53.1 Å². The lowest BCUT2D eigenvalue weighted by molar-refractivity contribution is -0.114. The predicted molar refractivity (Wildman–Crippen MR) is 115 cm³/mol. The average molecular weight is 479 g/mol. The van der Waals surface area contributed by atoms with E-state index in [0.29, 0.717) is 11.3 Å². The van der Waals surface area contributed by atoms with Gasteiger partial charge in [-0.1, -0.05) is 18.2 Å². The van der Waals surface area contributed by atoms with E-state index in [1.807, 2.05) is 0 Å². The third-order valence-corrected chi connectivity index (χ3v) is 6.18. The number of nitrogens with zero attached hydrogens (tertiary/aromatic N) is 2. The molecule has 0 spiro atoms. The number of hydrogen-bond acceptors (Lipinski definition) is 8. The monoisotopic (exact) mass is 479 g/mol. The van der Waals surface area contributed by atoms with E-state index in [0.717, 1.165) is 25.1 Å². The number of benzene rings is 3. The number of aromatic hydroxyl groups is 1. The van der Waals surface area contributed by atoms with Gasteiger partial charge in [-0.3, -0.25) is 13.9 Å². The number of aryl methyl sites for hydroxylation is 1. The molecule has 3 aromatic carbocycles. The number of phenolic OH excluding ortho intramolecular Hbond substituents is 1. The Balaban J connectivity index is 2.47. The van der Waals surface area contributed by atoms with E-state index in [9.17, 15) is 35.8 Å². The lowest BCUT2D eigenvalue weighted by Gasteiger charge is -2.16. The fraction of sp³-hybridized carbons (Fsp3) is 0.105.